The first kappa shape index (κ1) is 19.0. The lowest BCUT2D eigenvalue weighted by molar-refractivity contribution is -0.235. The zero-order chi connectivity index (χ0) is 20.0. The molecule has 27 heavy (non-hydrogen) atoms. The van der Waals surface area contributed by atoms with Crippen LogP contribution in [0.1, 0.15) is 32.6 Å². The van der Waals surface area contributed by atoms with Crippen molar-refractivity contribution in [2.75, 3.05) is 0 Å². The summed E-state index contributed by atoms with van der Waals surface area (Å²) in [5, 5.41) is 7.53. The summed E-state index contributed by atoms with van der Waals surface area (Å²) >= 11 is 0. The van der Waals surface area contributed by atoms with Gasteiger partial charge in [-0.2, -0.15) is 13.2 Å². The summed E-state index contributed by atoms with van der Waals surface area (Å²) in [4.78, 5) is 3.67. The van der Waals surface area contributed by atoms with Crippen LogP contribution in [-0.2, 0) is 0 Å². The highest BCUT2D eigenvalue weighted by atomic mass is 19.4. The Morgan fingerprint density at radius 3 is 2.44 bits per heavy atom. The van der Waals surface area contributed by atoms with Crippen molar-refractivity contribution in [3.63, 3.8) is 0 Å². The Labute approximate surface area is 150 Å². The van der Waals surface area contributed by atoms with E-state index in [-0.39, 0.29) is 11.3 Å². The maximum atomic E-state index is 14.3. The molecule has 0 amide bonds. The third-order valence-electron chi connectivity index (χ3n) is 4.00. The molecule has 3 heterocycles. The molecule has 0 aromatic carbocycles. The van der Waals surface area contributed by atoms with Gasteiger partial charge in [-0.15, -0.1) is 5.10 Å². The Hall–Kier alpha value is -2.78. The molecule has 0 aliphatic heterocycles. The van der Waals surface area contributed by atoms with E-state index in [4.69, 9.17) is 4.74 Å². The molecular formula is C17H15F5N4O. The number of hydrogen-bond donors (Lipinski definition) is 0. The van der Waals surface area contributed by atoms with Crippen molar-refractivity contribution in [1.82, 2.24) is 19.8 Å². The third-order valence-corrected chi connectivity index (χ3v) is 4.00. The monoisotopic (exact) mass is 386 g/mol. The fourth-order valence-electron chi connectivity index (χ4n) is 2.33. The van der Waals surface area contributed by atoms with Crippen LogP contribution in [0.2, 0.25) is 0 Å². The maximum Gasteiger partial charge on any atom is 0.427 e. The third kappa shape index (κ3) is 3.56. The van der Waals surface area contributed by atoms with Gasteiger partial charge in [-0.3, -0.25) is 0 Å². The fourth-order valence-corrected chi connectivity index (χ4v) is 2.33. The van der Waals surface area contributed by atoms with Crippen molar-refractivity contribution in [2.45, 2.75) is 38.7 Å². The number of hydrogen-bond acceptors (Lipinski definition) is 4. The first-order chi connectivity index (χ1) is 12.5. The van der Waals surface area contributed by atoms with E-state index in [2.05, 4.69) is 15.3 Å². The number of nitrogens with zero attached hydrogens (tertiary/aromatic N) is 4. The lowest BCUT2D eigenvalue weighted by Gasteiger charge is -2.28. The van der Waals surface area contributed by atoms with Gasteiger partial charge in [-0.25, -0.2) is 18.3 Å². The molecule has 5 nitrogen and oxygen atoms in total. The van der Waals surface area contributed by atoms with Gasteiger partial charge in [0.1, 0.15) is 11.9 Å². The molecule has 3 aromatic rings. The van der Waals surface area contributed by atoms with Gasteiger partial charge >= 0.3 is 6.18 Å². The predicted molar refractivity (Wildman–Crippen MR) is 86.5 cm³/mol. The number of fused-ring (bicyclic) bond motifs is 1. The van der Waals surface area contributed by atoms with Crippen LogP contribution in [0.5, 0.6) is 5.88 Å². The van der Waals surface area contributed by atoms with E-state index >= 15 is 0 Å². The molecule has 0 aliphatic carbocycles. The summed E-state index contributed by atoms with van der Waals surface area (Å²) in [6.07, 6.45) is -3.36. The molecule has 0 radical (unpaired) electrons. The first-order valence-electron chi connectivity index (χ1n) is 7.90. The molecule has 0 bridgehead atoms. The molecule has 0 fully saturated rings. The number of alkyl halides is 4. The minimum Gasteiger partial charge on any atom is -0.460 e. The second-order valence-electron chi connectivity index (χ2n) is 6.46. The average molecular weight is 386 g/mol. The van der Waals surface area contributed by atoms with Gasteiger partial charge in [0, 0.05) is 18.0 Å². The van der Waals surface area contributed by atoms with E-state index in [1.807, 2.05) is 0 Å². The first-order valence-corrected chi connectivity index (χ1v) is 7.90. The number of rotatable bonds is 4. The highest BCUT2D eigenvalue weighted by molar-refractivity contribution is 5.69. The molecule has 0 saturated heterocycles. The smallest absolute Gasteiger partial charge is 0.427 e. The van der Waals surface area contributed by atoms with Gasteiger partial charge in [-0.05, 0) is 44.5 Å². The molecule has 1 atom stereocenters. The summed E-state index contributed by atoms with van der Waals surface area (Å²) in [6.45, 7) is 2.87. The minimum atomic E-state index is -4.70. The molecule has 0 spiro atoms. The van der Waals surface area contributed by atoms with E-state index < -0.39 is 29.6 Å². The maximum absolute atomic E-state index is 14.3. The van der Waals surface area contributed by atoms with Crippen LogP contribution in [0.3, 0.4) is 0 Å². The van der Waals surface area contributed by atoms with Gasteiger partial charge in [0.2, 0.25) is 0 Å². The zero-order valence-corrected chi connectivity index (χ0v) is 14.6. The highest BCUT2D eigenvalue weighted by Crippen LogP contribution is 2.35. The molecule has 10 heteroatoms. The Morgan fingerprint density at radius 2 is 1.85 bits per heavy atom. The molecule has 3 aromatic heterocycles. The van der Waals surface area contributed by atoms with Crippen molar-refractivity contribution in [3.8, 4) is 17.0 Å². The molecule has 0 N–H and O–H groups in total. The van der Waals surface area contributed by atoms with E-state index in [9.17, 15) is 22.0 Å². The molecule has 1 unspecified atom stereocenters. The standard InChI is InChI=1S/C17H15F5N4O/c1-9(18)14-13-7-10(4-5-26(13)25-24-14)11-6-12(19)15(23-8-11)27-16(2,3)17(20,21)22/h4-9H,1-3H3. The number of ether oxygens (including phenoxy) is 1. The highest BCUT2D eigenvalue weighted by Gasteiger charge is 2.50. The summed E-state index contributed by atoms with van der Waals surface area (Å²) in [7, 11) is 0. The topological polar surface area (TPSA) is 52.3 Å². The fraction of sp³-hybridized carbons (Fsp3) is 0.353. The molecule has 0 aliphatic rings. The molecule has 3 rings (SSSR count). The summed E-state index contributed by atoms with van der Waals surface area (Å²) in [5.74, 6) is -1.80. The van der Waals surface area contributed by atoms with Crippen LogP contribution in [0.25, 0.3) is 16.6 Å². The Morgan fingerprint density at radius 1 is 1.15 bits per heavy atom. The lowest BCUT2D eigenvalue weighted by Crippen LogP contribution is -2.45. The van der Waals surface area contributed by atoms with Crippen LogP contribution in [0, 0.1) is 5.82 Å². The largest absolute Gasteiger partial charge is 0.460 e. The molecular weight excluding hydrogens is 371 g/mol. The van der Waals surface area contributed by atoms with Crippen molar-refractivity contribution in [2.24, 2.45) is 0 Å². The Bertz CT molecular complexity index is 981. The van der Waals surface area contributed by atoms with Gasteiger partial charge < -0.3 is 4.74 Å². The Balaban J connectivity index is 1.96. The van der Waals surface area contributed by atoms with Gasteiger partial charge in [-0.1, -0.05) is 5.21 Å². The minimum absolute atomic E-state index is 0.122. The second kappa shape index (κ2) is 6.43. The summed E-state index contributed by atoms with van der Waals surface area (Å²) < 4.78 is 72.6. The predicted octanol–water partition coefficient (Wildman–Crippen LogP) is 4.68. The number of aromatic nitrogens is 4. The van der Waals surface area contributed by atoms with Gasteiger partial charge in [0.15, 0.2) is 11.4 Å². The quantitative estimate of drug-likeness (QED) is 0.611. The average Bonchev–Trinajstić information content (AvgIpc) is 2.98. The SMILES string of the molecule is CC(F)c1nnn2ccc(-c3cnc(OC(C)(C)C(F)(F)F)c(F)c3)cc12. The number of halogens is 5. The van der Waals surface area contributed by atoms with Crippen LogP contribution in [-0.4, -0.2) is 31.6 Å². The van der Waals surface area contributed by atoms with Gasteiger partial charge in [0.05, 0.1) is 5.52 Å². The van der Waals surface area contributed by atoms with Crippen molar-refractivity contribution < 1.29 is 26.7 Å². The zero-order valence-electron chi connectivity index (χ0n) is 14.6. The molecule has 144 valence electrons. The van der Waals surface area contributed by atoms with Crippen molar-refractivity contribution in [1.29, 1.82) is 0 Å². The van der Waals surface area contributed by atoms with E-state index in [0.717, 1.165) is 19.9 Å². The van der Waals surface area contributed by atoms with Crippen LogP contribution in [0.4, 0.5) is 22.0 Å². The van der Waals surface area contributed by atoms with E-state index in [0.29, 0.717) is 11.1 Å². The van der Waals surface area contributed by atoms with Crippen LogP contribution >= 0.6 is 0 Å². The Kier molecular flexibility index (Phi) is 4.52. The summed E-state index contributed by atoms with van der Waals surface area (Å²) in [6, 6.07) is 4.12. The second-order valence-corrected chi connectivity index (χ2v) is 6.46. The lowest BCUT2D eigenvalue weighted by atomic mass is 10.1. The van der Waals surface area contributed by atoms with Crippen LogP contribution in [0.15, 0.2) is 30.6 Å². The van der Waals surface area contributed by atoms with Crippen molar-refractivity contribution >= 4 is 5.52 Å². The van der Waals surface area contributed by atoms with Crippen LogP contribution < -0.4 is 4.74 Å². The van der Waals surface area contributed by atoms with Crippen molar-refractivity contribution in [3.05, 3.63) is 42.1 Å². The van der Waals surface area contributed by atoms with E-state index in [1.165, 1.54) is 23.8 Å². The van der Waals surface area contributed by atoms with E-state index in [1.54, 1.807) is 12.1 Å². The van der Waals surface area contributed by atoms with Gasteiger partial charge in [0.25, 0.3) is 5.88 Å². The molecule has 0 saturated carbocycles. The summed E-state index contributed by atoms with van der Waals surface area (Å²) in [5.41, 5.74) is -1.33. The normalized spacial score (nSPS) is 13.8. The number of pyridine rings is 2.